The molecule has 6 nitrogen and oxygen atoms in total. The summed E-state index contributed by atoms with van der Waals surface area (Å²) in [5.74, 6) is 1.09. The average molecular weight is 480 g/mol. The van der Waals surface area contributed by atoms with Gasteiger partial charge in [0.2, 0.25) is 11.8 Å². The lowest BCUT2D eigenvalue weighted by molar-refractivity contribution is -0.136. The van der Waals surface area contributed by atoms with Crippen molar-refractivity contribution in [2.75, 3.05) is 46.4 Å². The number of nitrogens with zero attached hydrogens (tertiary/aromatic N) is 3. The molecular weight excluding hydrogens is 445 g/mol. The van der Waals surface area contributed by atoms with E-state index in [1.807, 2.05) is 40.1 Å². The summed E-state index contributed by atoms with van der Waals surface area (Å²) in [5.41, 5.74) is 2.02. The zero-order valence-corrected chi connectivity index (χ0v) is 20.4. The van der Waals surface area contributed by atoms with Gasteiger partial charge in [0.25, 0.3) is 0 Å². The Hall–Kier alpha value is -2.93. The second-order valence-electron chi connectivity index (χ2n) is 10.3. The van der Waals surface area contributed by atoms with Crippen molar-refractivity contribution in [3.63, 3.8) is 0 Å². The first-order chi connectivity index (χ1) is 17.0. The van der Waals surface area contributed by atoms with Crippen LogP contribution in [0.4, 0.5) is 4.39 Å². The molecule has 0 aromatic heterocycles. The molecule has 2 aromatic rings. The Bertz CT molecular complexity index is 1070. The highest BCUT2D eigenvalue weighted by molar-refractivity contribution is 5.83. The van der Waals surface area contributed by atoms with Gasteiger partial charge in [-0.05, 0) is 60.1 Å². The molecule has 0 bridgehead atoms. The highest BCUT2D eigenvalue weighted by Gasteiger charge is 2.59. The van der Waals surface area contributed by atoms with Gasteiger partial charge in [0.1, 0.15) is 11.6 Å². The standard InChI is InChI=1S/C28H34FN3O3/c1-35-24-7-3-4-21(17-24)18-26(33)31-10-8-28(9-11-31)19-25(28)27(34)32-14-12-30(13-15-32)20-22-5-2-6-23(29)16-22/h2-7,16-17,25H,8-15,18-20H2,1H3/t25-/m0/s1. The van der Waals surface area contributed by atoms with Crippen molar-refractivity contribution in [3.05, 3.63) is 65.5 Å². The van der Waals surface area contributed by atoms with Crippen LogP contribution in [-0.2, 0) is 22.6 Å². The first-order valence-electron chi connectivity index (χ1n) is 12.6. The molecule has 1 saturated carbocycles. The summed E-state index contributed by atoms with van der Waals surface area (Å²) in [6, 6.07) is 14.4. The number of likely N-dealkylation sites (tertiary alicyclic amines) is 1. The lowest BCUT2D eigenvalue weighted by Gasteiger charge is -2.36. The van der Waals surface area contributed by atoms with Gasteiger partial charge in [-0.1, -0.05) is 24.3 Å². The second kappa shape index (κ2) is 9.97. The fourth-order valence-electron chi connectivity index (χ4n) is 5.76. The lowest BCUT2D eigenvalue weighted by Crippen LogP contribution is -2.49. The van der Waals surface area contributed by atoms with Crippen molar-refractivity contribution in [2.45, 2.75) is 32.2 Å². The van der Waals surface area contributed by atoms with Crippen LogP contribution in [0.15, 0.2) is 48.5 Å². The van der Waals surface area contributed by atoms with Gasteiger partial charge < -0.3 is 14.5 Å². The zero-order valence-electron chi connectivity index (χ0n) is 20.4. The number of piperazine rings is 1. The third kappa shape index (κ3) is 5.35. The largest absolute Gasteiger partial charge is 0.497 e. The van der Waals surface area contributed by atoms with Crippen LogP contribution < -0.4 is 4.74 Å². The summed E-state index contributed by atoms with van der Waals surface area (Å²) >= 11 is 0. The number of halogens is 1. The Morgan fingerprint density at radius 1 is 0.943 bits per heavy atom. The van der Waals surface area contributed by atoms with E-state index in [0.29, 0.717) is 13.0 Å². The Kier molecular flexibility index (Phi) is 6.78. The van der Waals surface area contributed by atoms with Gasteiger partial charge >= 0.3 is 0 Å². The van der Waals surface area contributed by atoms with Gasteiger partial charge in [-0.15, -0.1) is 0 Å². The number of methoxy groups -OCH3 is 1. The molecule has 7 heteroatoms. The molecule has 2 amide bonds. The molecule has 2 aliphatic heterocycles. The number of piperidine rings is 1. The summed E-state index contributed by atoms with van der Waals surface area (Å²) < 4.78 is 18.7. The van der Waals surface area contributed by atoms with E-state index in [1.165, 1.54) is 6.07 Å². The normalized spacial score (nSPS) is 21.7. The van der Waals surface area contributed by atoms with Crippen molar-refractivity contribution in [1.29, 1.82) is 0 Å². The first kappa shape index (κ1) is 23.8. The Labute approximate surface area is 206 Å². The molecule has 1 aliphatic carbocycles. The zero-order chi connectivity index (χ0) is 24.4. The Morgan fingerprint density at radius 2 is 1.66 bits per heavy atom. The topological polar surface area (TPSA) is 53.1 Å². The minimum Gasteiger partial charge on any atom is -0.497 e. The lowest BCUT2D eigenvalue weighted by atomic mass is 9.90. The smallest absolute Gasteiger partial charge is 0.226 e. The molecule has 1 spiro atoms. The van der Waals surface area contributed by atoms with Crippen molar-refractivity contribution >= 4 is 11.8 Å². The molecule has 2 saturated heterocycles. The van der Waals surface area contributed by atoms with Crippen molar-refractivity contribution in [3.8, 4) is 5.75 Å². The van der Waals surface area contributed by atoms with Crippen molar-refractivity contribution < 1.29 is 18.7 Å². The van der Waals surface area contributed by atoms with E-state index < -0.39 is 0 Å². The van der Waals surface area contributed by atoms with Crippen LogP contribution in [0.25, 0.3) is 0 Å². The Morgan fingerprint density at radius 3 is 2.37 bits per heavy atom. The van der Waals surface area contributed by atoms with Crippen LogP contribution in [0.1, 0.15) is 30.4 Å². The predicted octanol–water partition coefficient (Wildman–Crippen LogP) is 3.35. The van der Waals surface area contributed by atoms with E-state index in [-0.39, 0.29) is 29.0 Å². The second-order valence-corrected chi connectivity index (χ2v) is 10.3. The highest BCUT2D eigenvalue weighted by Crippen LogP contribution is 2.60. The maximum absolute atomic E-state index is 13.5. The summed E-state index contributed by atoms with van der Waals surface area (Å²) in [5, 5.41) is 0. The van der Waals surface area contributed by atoms with Crippen LogP contribution in [0.3, 0.4) is 0 Å². The molecule has 3 fully saturated rings. The van der Waals surface area contributed by atoms with E-state index >= 15 is 0 Å². The van der Waals surface area contributed by atoms with Gasteiger partial charge in [-0.3, -0.25) is 14.5 Å². The molecule has 3 aliphatic rings. The number of benzene rings is 2. The number of hydrogen-bond acceptors (Lipinski definition) is 4. The fraction of sp³-hybridized carbons (Fsp3) is 0.500. The molecule has 0 N–H and O–H groups in total. The third-order valence-corrected chi connectivity index (χ3v) is 8.07. The molecule has 0 unspecified atom stereocenters. The number of carbonyl (C=O) groups is 2. The van der Waals surface area contributed by atoms with E-state index in [9.17, 15) is 14.0 Å². The molecule has 5 rings (SSSR count). The van der Waals surface area contributed by atoms with Gasteiger partial charge in [0.05, 0.1) is 13.5 Å². The number of carbonyl (C=O) groups excluding carboxylic acids is 2. The van der Waals surface area contributed by atoms with Crippen LogP contribution in [-0.4, -0.2) is 72.9 Å². The molecule has 0 radical (unpaired) electrons. The van der Waals surface area contributed by atoms with E-state index in [4.69, 9.17) is 4.74 Å². The third-order valence-electron chi connectivity index (χ3n) is 8.07. The predicted molar refractivity (Wildman–Crippen MR) is 131 cm³/mol. The summed E-state index contributed by atoms with van der Waals surface area (Å²) in [6.07, 6.45) is 3.15. The summed E-state index contributed by atoms with van der Waals surface area (Å²) in [6.45, 7) is 5.26. The van der Waals surface area contributed by atoms with Gasteiger partial charge in [-0.25, -0.2) is 4.39 Å². The van der Waals surface area contributed by atoms with E-state index in [0.717, 1.165) is 75.4 Å². The quantitative estimate of drug-likeness (QED) is 0.638. The number of hydrogen-bond donors (Lipinski definition) is 0. The monoisotopic (exact) mass is 479 g/mol. The van der Waals surface area contributed by atoms with Gasteiger partial charge in [0, 0.05) is 51.7 Å². The molecule has 1 atom stereocenters. The number of ether oxygens (including phenoxy) is 1. The average Bonchev–Trinajstić information content (AvgIpc) is 3.57. The first-order valence-corrected chi connectivity index (χ1v) is 12.6. The number of rotatable bonds is 6. The van der Waals surface area contributed by atoms with E-state index in [2.05, 4.69) is 4.90 Å². The number of amides is 2. The maximum atomic E-state index is 13.5. The highest BCUT2D eigenvalue weighted by atomic mass is 19.1. The van der Waals surface area contributed by atoms with Crippen LogP contribution in [0.5, 0.6) is 5.75 Å². The van der Waals surface area contributed by atoms with Crippen molar-refractivity contribution in [2.24, 2.45) is 11.3 Å². The molecule has 35 heavy (non-hydrogen) atoms. The van der Waals surface area contributed by atoms with Crippen LogP contribution in [0.2, 0.25) is 0 Å². The van der Waals surface area contributed by atoms with Crippen molar-refractivity contribution in [1.82, 2.24) is 14.7 Å². The SMILES string of the molecule is COc1cccc(CC(=O)N2CCC3(CC2)C[C@H]3C(=O)N2CCN(Cc3cccc(F)c3)CC2)c1. The minimum absolute atomic E-state index is 0.0858. The molecule has 186 valence electrons. The van der Waals surface area contributed by atoms with E-state index in [1.54, 1.807) is 19.2 Å². The molecule has 2 aromatic carbocycles. The Balaban J connectivity index is 1.07. The minimum atomic E-state index is -0.205. The van der Waals surface area contributed by atoms with Crippen LogP contribution in [0, 0.1) is 17.2 Å². The van der Waals surface area contributed by atoms with Gasteiger partial charge in [0.15, 0.2) is 0 Å². The fourth-order valence-corrected chi connectivity index (χ4v) is 5.76. The maximum Gasteiger partial charge on any atom is 0.226 e. The summed E-state index contributed by atoms with van der Waals surface area (Å²) in [7, 11) is 1.63. The molecule has 2 heterocycles. The summed E-state index contributed by atoms with van der Waals surface area (Å²) in [4.78, 5) is 32.3. The van der Waals surface area contributed by atoms with Crippen LogP contribution >= 0.6 is 0 Å². The van der Waals surface area contributed by atoms with Gasteiger partial charge in [-0.2, -0.15) is 0 Å². The molecular formula is C28H34FN3O3.